The molecule has 1 atom stereocenters. The van der Waals surface area contributed by atoms with Gasteiger partial charge in [-0.15, -0.1) is 5.06 Å². The van der Waals surface area contributed by atoms with Crippen LogP contribution in [0.4, 0.5) is 26.9 Å². The van der Waals surface area contributed by atoms with Crippen LogP contribution in [0.2, 0.25) is 0 Å². The molecule has 6 rings (SSSR count). The number of urea groups is 1. The standard InChI is InChI=1S/C37H42N8O4/c1-24-11-13-25(14-12-24)45-34(22-32(42-45)37(2,3)4)41-35(46)39-30-15-16-31(29-10-8-7-9-28(29)30)48-27-17-19-38-33(21-27)40-36(47)49-44-20-18-26(23-44)43(5)6/h7-17,19,21-22,26H,18,20,23H2,1-6H3,(H,38,40,47)(H2,39,41,46)/t26-/m1/s1. The molecule has 0 bridgehead atoms. The van der Waals surface area contributed by atoms with E-state index >= 15 is 0 Å². The van der Waals surface area contributed by atoms with Crippen LogP contribution >= 0.6 is 0 Å². The van der Waals surface area contributed by atoms with E-state index in [2.05, 4.69) is 46.6 Å². The van der Waals surface area contributed by atoms with Gasteiger partial charge < -0.3 is 19.8 Å². The van der Waals surface area contributed by atoms with E-state index in [0.29, 0.717) is 48.0 Å². The van der Waals surface area contributed by atoms with E-state index in [9.17, 15) is 9.59 Å². The third-order valence-corrected chi connectivity index (χ3v) is 8.39. The number of pyridine rings is 1. The number of fused-ring (bicyclic) bond motifs is 1. The van der Waals surface area contributed by atoms with E-state index < -0.39 is 12.1 Å². The molecule has 3 aromatic carbocycles. The van der Waals surface area contributed by atoms with Crippen molar-refractivity contribution in [3.63, 3.8) is 0 Å². The van der Waals surface area contributed by atoms with Crippen molar-refractivity contribution < 1.29 is 19.2 Å². The van der Waals surface area contributed by atoms with Gasteiger partial charge in [-0.05, 0) is 57.8 Å². The summed E-state index contributed by atoms with van der Waals surface area (Å²) >= 11 is 0. The van der Waals surface area contributed by atoms with Crippen LogP contribution in [0.15, 0.2) is 85.1 Å². The number of rotatable bonds is 8. The second-order valence-corrected chi connectivity index (χ2v) is 13.4. The number of anilines is 3. The monoisotopic (exact) mass is 662 g/mol. The Balaban J connectivity index is 1.16. The summed E-state index contributed by atoms with van der Waals surface area (Å²) in [7, 11) is 4.03. The molecule has 0 radical (unpaired) electrons. The molecule has 0 spiro atoms. The first-order chi connectivity index (χ1) is 23.4. The molecule has 49 heavy (non-hydrogen) atoms. The van der Waals surface area contributed by atoms with E-state index in [1.165, 1.54) is 0 Å². The van der Waals surface area contributed by atoms with Crippen molar-refractivity contribution in [1.82, 2.24) is 24.7 Å². The highest BCUT2D eigenvalue weighted by atomic mass is 16.7. The minimum atomic E-state index is -0.611. The van der Waals surface area contributed by atoms with Crippen LogP contribution in [-0.4, -0.2) is 70.1 Å². The highest BCUT2D eigenvalue weighted by Gasteiger charge is 2.27. The van der Waals surface area contributed by atoms with Gasteiger partial charge in [0, 0.05) is 47.1 Å². The van der Waals surface area contributed by atoms with E-state index in [1.54, 1.807) is 40.2 Å². The number of aromatic nitrogens is 3. The number of hydrogen-bond acceptors (Lipinski definition) is 8. The van der Waals surface area contributed by atoms with Crippen molar-refractivity contribution in [3.05, 3.63) is 96.3 Å². The summed E-state index contributed by atoms with van der Waals surface area (Å²) in [6.45, 7) is 9.60. The predicted molar refractivity (Wildman–Crippen MR) is 192 cm³/mol. The molecular weight excluding hydrogens is 620 g/mol. The number of nitrogens with zero attached hydrogens (tertiary/aromatic N) is 5. The summed E-state index contributed by atoms with van der Waals surface area (Å²) in [4.78, 5) is 37.8. The van der Waals surface area contributed by atoms with Gasteiger partial charge in [-0.1, -0.05) is 62.7 Å². The Morgan fingerprint density at radius 3 is 2.39 bits per heavy atom. The molecule has 2 aromatic heterocycles. The first-order valence-corrected chi connectivity index (χ1v) is 16.2. The number of benzene rings is 3. The third-order valence-electron chi connectivity index (χ3n) is 8.39. The molecule has 12 nitrogen and oxygen atoms in total. The van der Waals surface area contributed by atoms with Crippen molar-refractivity contribution in [2.45, 2.75) is 45.6 Å². The maximum Gasteiger partial charge on any atom is 0.431 e. The minimum absolute atomic E-state index is 0.215. The Kier molecular flexibility index (Phi) is 9.52. The van der Waals surface area contributed by atoms with Crippen molar-refractivity contribution in [1.29, 1.82) is 0 Å². The van der Waals surface area contributed by atoms with E-state index in [4.69, 9.17) is 14.7 Å². The zero-order valence-electron chi connectivity index (χ0n) is 28.7. The SMILES string of the molecule is Cc1ccc(-n2nc(C(C)(C)C)cc2NC(=O)Nc2ccc(Oc3ccnc(NC(=O)ON4CC[C@@H](N(C)C)C4)c3)c3ccccc23)cc1. The molecule has 0 saturated carbocycles. The highest BCUT2D eigenvalue weighted by Crippen LogP contribution is 2.35. The summed E-state index contributed by atoms with van der Waals surface area (Å²) in [5, 5.41) is 16.7. The maximum absolute atomic E-state index is 13.4. The van der Waals surface area contributed by atoms with Gasteiger partial charge in [-0.25, -0.2) is 19.3 Å². The predicted octanol–water partition coefficient (Wildman–Crippen LogP) is 7.56. The van der Waals surface area contributed by atoms with Crippen LogP contribution in [0.1, 0.15) is 38.4 Å². The lowest BCUT2D eigenvalue weighted by Crippen LogP contribution is -2.33. The smallest absolute Gasteiger partial charge is 0.431 e. The number of carbonyl (C=O) groups excluding carboxylic acids is 2. The van der Waals surface area contributed by atoms with Gasteiger partial charge >= 0.3 is 12.1 Å². The van der Waals surface area contributed by atoms with Crippen LogP contribution in [0.25, 0.3) is 16.5 Å². The van der Waals surface area contributed by atoms with Crippen LogP contribution in [0.3, 0.4) is 0 Å². The van der Waals surface area contributed by atoms with Gasteiger partial charge in [-0.3, -0.25) is 10.6 Å². The van der Waals surface area contributed by atoms with Gasteiger partial charge in [0.05, 0.1) is 23.6 Å². The number of likely N-dealkylation sites (N-methyl/N-ethyl adjacent to an activating group) is 1. The molecule has 3 heterocycles. The third kappa shape index (κ3) is 7.99. The molecule has 1 aliphatic heterocycles. The van der Waals surface area contributed by atoms with Crippen LogP contribution in [-0.2, 0) is 10.3 Å². The lowest BCUT2D eigenvalue weighted by atomic mass is 9.92. The molecular formula is C37H42N8O4. The molecule has 3 N–H and O–H groups in total. The zero-order valence-corrected chi connectivity index (χ0v) is 28.7. The fraction of sp³-hybridized carbons (Fsp3) is 0.297. The number of ether oxygens (including phenoxy) is 1. The Morgan fingerprint density at radius 1 is 0.918 bits per heavy atom. The topological polar surface area (TPSA) is 126 Å². The van der Waals surface area contributed by atoms with Crippen molar-refractivity contribution in [3.8, 4) is 17.2 Å². The fourth-order valence-electron chi connectivity index (χ4n) is 5.59. The number of nitrogens with one attached hydrogen (secondary N) is 3. The number of hydrogen-bond donors (Lipinski definition) is 3. The number of hydroxylamine groups is 2. The summed E-state index contributed by atoms with van der Waals surface area (Å²) in [6.07, 6.45) is 1.87. The summed E-state index contributed by atoms with van der Waals surface area (Å²) in [6, 6.07) is 24.4. The van der Waals surface area contributed by atoms with Gasteiger partial charge in [0.2, 0.25) is 0 Å². The zero-order chi connectivity index (χ0) is 34.7. The number of amides is 3. The quantitative estimate of drug-likeness (QED) is 0.155. The second-order valence-electron chi connectivity index (χ2n) is 13.4. The van der Waals surface area contributed by atoms with Gasteiger partial charge in [0.15, 0.2) is 0 Å². The lowest BCUT2D eigenvalue weighted by molar-refractivity contribution is -0.0775. The molecule has 12 heteroatoms. The Morgan fingerprint density at radius 2 is 1.67 bits per heavy atom. The van der Waals surface area contributed by atoms with Crippen molar-refractivity contribution in [2.24, 2.45) is 0 Å². The van der Waals surface area contributed by atoms with Crippen LogP contribution in [0.5, 0.6) is 11.5 Å². The molecule has 0 aliphatic carbocycles. The fourth-order valence-corrected chi connectivity index (χ4v) is 5.59. The van der Waals surface area contributed by atoms with Crippen molar-refractivity contribution >= 4 is 40.2 Å². The average Bonchev–Trinajstić information content (AvgIpc) is 3.70. The van der Waals surface area contributed by atoms with Gasteiger partial charge in [0.25, 0.3) is 0 Å². The molecule has 1 fully saturated rings. The Hall–Kier alpha value is -5.46. The van der Waals surface area contributed by atoms with E-state index in [1.807, 2.05) is 75.6 Å². The molecule has 1 saturated heterocycles. The molecule has 254 valence electrons. The van der Waals surface area contributed by atoms with E-state index in [-0.39, 0.29) is 5.41 Å². The van der Waals surface area contributed by atoms with Crippen LogP contribution in [0, 0.1) is 6.92 Å². The summed E-state index contributed by atoms with van der Waals surface area (Å²) in [5.41, 5.74) is 3.23. The molecule has 1 aliphatic rings. The van der Waals surface area contributed by atoms with Gasteiger partial charge in [-0.2, -0.15) is 5.10 Å². The number of aryl methyl sites for hydroxylation is 1. The average molecular weight is 663 g/mol. The second kappa shape index (κ2) is 14.0. The molecule has 3 amide bonds. The van der Waals surface area contributed by atoms with Crippen molar-refractivity contribution in [2.75, 3.05) is 43.1 Å². The van der Waals surface area contributed by atoms with Gasteiger partial charge in [0.1, 0.15) is 23.1 Å². The first-order valence-electron chi connectivity index (χ1n) is 16.2. The van der Waals surface area contributed by atoms with E-state index in [0.717, 1.165) is 34.1 Å². The lowest BCUT2D eigenvalue weighted by Gasteiger charge is -2.19. The summed E-state index contributed by atoms with van der Waals surface area (Å²) < 4.78 is 8.01. The first kappa shape index (κ1) is 33.4. The maximum atomic E-state index is 13.4. The van der Waals surface area contributed by atoms with Crippen LogP contribution < -0.4 is 20.7 Å². The highest BCUT2D eigenvalue weighted by molar-refractivity contribution is 6.07. The minimum Gasteiger partial charge on any atom is -0.457 e. The number of carbonyl (C=O) groups is 2. The molecule has 0 unspecified atom stereocenters. The Bertz CT molecular complexity index is 1970. The summed E-state index contributed by atoms with van der Waals surface area (Å²) in [5.74, 6) is 1.89. The normalized spacial score (nSPS) is 15.0. The molecule has 5 aromatic rings. The largest absolute Gasteiger partial charge is 0.457 e. The Labute approximate surface area is 286 Å².